The second-order valence-electron chi connectivity index (χ2n) is 4.66. The maximum atomic E-state index is 11.6. The highest BCUT2D eigenvalue weighted by atomic mass is 35.5. The Morgan fingerprint density at radius 2 is 2.05 bits per heavy atom. The quantitative estimate of drug-likeness (QED) is 0.701. The van der Waals surface area contributed by atoms with E-state index in [0.29, 0.717) is 22.9 Å². The van der Waals surface area contributed by atoms with Crippen LogP contribution in [0.1, 0.15) is 17.3 Å². The second kappa shape index (κ2) is 6.47. The van der Waals surface area contributed by atoms with Crippen LogP contribution in [0.4, 0.5) is 11.4 Å². The van der Waals surface area contributed by atoms with Crippen molar-refractivity contribution in [3.63, 3.8) is 0 Å². The number of rotatable bonds is 5. The maximum absolute atomic E-state index is 11.6. The summed E-state index contributed by atoms with van der Waals surface area (Å²) in [5, 5.41) is 2.90. The summed E-state index contributed by atoms with van der Waals surface area (Å²) in [6, 6.07) is 3.02. The minimum atomic E-state index is -0.617. The number of hydrogen-bond donors (Lipinski definition) is 3. The van der Waals surface area contributed by atoms with E-state index in [9.17, 15) is 9.59 Å². The van der Waals surface area contributed by atoms with Crippen LogP contribution in [-0.2, 0) is 4.79 Å². The number of nitrogen functional groups attached to an aromatic ring is 1. The Balaban J connectivity index is 3.12. The van der Waals surface area contributed by atoms with Gasteiger partial charge in [-0.1, -0.05) is 18.5 Å². The molecule has 0 aromatic heterocycles. The van der Waals surface area contributed by atoms with Crippen LogP contribution >= 0.6 is 11.6 Å². The minimum absolute atomic E-state index is 0.0935. The molecule has 0 aliphatic heterocycles. The fourth-order valence-corrected chi connectivity index (χ4v) is 2.40. The summed E-state index contributed by atoms with van der Waals surface area (Å²) >= 11 is 6.14. The van der Waals surface area contributed by atoms with Crippen LogP contribution in [0.2, 0.25) is 5.02 Å². The van der Waals surface area contributed by atoms with Gasteiger partial charge in [-0.05, 0) is 12.1 Å². The second-order valence-corrected chi connectivity index (χ2v) is 5.07. The molecule has 0 saturated carbocycles. The molecule has 20 heavy (non-hydrogen) atoms. The van der Waals surface area contributed by atoms with Crippen molar-refractivity contribution in [2.75, 3.05) is 31.3 Å². The van der Waals surface area contributed by atoms with Crippen molar-refractivity contribution in [1.29, 1.82) is 0 Å². The number of primary amides is 1. The molecule has 5 N–H and O–H groups in total. The molecule has 6 nitrogen and oxygen atoms in total. The third-order valence-electron chi connectivity index (χ3n) is 2.97. The molecule has 110 valence electrons. The molecule has 1 unspecified atom stereocenters. The fraction of sp³-hybridized carbons (Fsp3) is 0.385. The third-order valence-corrected chi connectivity index (χ3v) is 3.26. The molecule has 1 aromatic rings. The molecule has 0 aliphatic carbocycles. The molecule has 0 bridgehead atoms. The molecule has 1 atom stereocenters. The summed E-state index contributed by atoms with van der Waals surface area (Å²) in [6.45, 7) is 2.17. The molecule has 0 radical (unpaired) electrons. The average Bonchev–Trinajstić information content (AvgIpc) is 2.36. The van der Waals surface area contributed by atoms with Crippen molar-refractivity contribution in [3.05, 3.63) is 22.7 Å². The van der Waals surface area contributed by atoms with Gasteiger partial charge in [-0.2, -0.15) is 0 Å². The van der Waals surface area contributed by atoms with Gasteiger partial charge in [0.1, 0.15) is 0 Å². The summed E-state index contributed by atoms with van der Waals surface area (Å²) in [5.74, 6) is -0.975. The third kappa shape index (κ3) is 3.54. The molecule has 0 saturated heterocycles. The molecule has 1 aromatic carbocycles. The van der Waals surface area contributed by atoms with Gasteiger partial charge in [-0.3, -0.25) is 9.59 Å². The van der Waals surface area contributed by atoms with E-state index >= 15 is 0 Å². The fourth-order valence-electron chi connectivity index (χ4n) is 2.03. The first kappa shape index (κ1) is 16.1. The van der Waals surface area contributed by atoms with Crippen molar-refractivity contribution >= 4 is 34.8 Å². The number of nitrogens with two attached hydrogens (primary N) is 2. The molecule has 7 heteroatoms. The highest BCUT2D eigenvalue weighted by Gasteiger charge is 2.20. The van der Waals surface area contributed by atoms with Crippen LogP contribution in [0.25, 0.3) is 0 Å². The largest absolute Gasteiger partial charge is 0.399 e. The van der Waals surface area contributed by atoms with Crippen molar-refractivity contribution in [2.24, 2.45) is 11.7 Å². The van der Waals surface area contributed by atoms with E-state index in [1.165, 1.54) is 6.07 Å². The van der Waals surface area contributed by atoms with Gasteiger partial charge in [0.25, 0.3) is 5.91 Å². The lowest BCUT2D eigenvalue weighted by Gasteiger charge is -2.25. The Labute approximate surface area is 123 Å². The Morgan fingerprint density at radius 3 is 2.55 bits per heavy atom. The van der Waals surface area contributed by atoms with E-state index < -0.39 is 5.91 Å². The highest BCUT2D eigenvalue weighted by Crippen LogP contribution is 2.32. The molecule has 1 rings (SSSR count). The zero-order valence-corrected chi connectivity index (χ0v) is 12.5. The minimum Gasteiger partial charge on any atom is -0.399 e. The number of halogens is 1. The number of amides is 2. The number of carbonyl (C=O) groups excluding carboxylic acids is 2. The maximum Gasteiger partial charge on any atom is 0.250 e. The van der Waals surface area contributed by atoms with E-state index in [1.807, 2.05) is 0 Å². The topological polar surface area (TPSA) is 101 Å². The number of anilines is 2. The number of nitrogens with one attached hydrogen (secondary N) is 1. The van der Waals surface area contributed by atoms with Gasteiger partial charge in [0.15, 0.2) is 0 Å². The van der Waals surface area contributed by atoms with Crippen molar-refractivity contribution < 1.29 is 9.59 Å². The van der Waals surface area contributed by atoms with Gasteiger partial charge in [0, 0.05) is 26.3 Å². The number of hydrogen-bond acceptors (Lipinski definition) is 4. The molecular formula is C13H19ClN4O2. The van der Waals surface area contributed by atoms with Crippen LogP contribution in [0.3, 0.4) is 0 Å². The molecule has 0 fully saturated rings. The van der Waals surface area contributed by atoms with E-state index in [0.717, 1.165) is 0 Å². The lowest BCUT2D eigenvalue weighted by atomic mass is 10.1. The van der Waals surface area contributed by atoms with Crippen LogP contribution in [0.5, 0.6) is 0 Å². The lowest BCUT2D eigenvalue weighted by Crippen LogP contribution is -2.35. The molecule has 0 spiro atoms. The normalized spacial score (nSPS) is 11.8. The highest BCUT2D eigenvalue weighted by molar-refractivity contribution is 6.34. The van der Waals surface area contributed by atoms with Crippen LogP contribution < -0.4 is 21.7 Å². The average molecular weight is 299 g/mol. The van der Waals surface area contributed by atoms with Crippen LogP contribution in [0, 0.1) is 5.92 Å². The number of benzene rings is 1. The van der Waals surface area contributed by atoms with Crippen molar-refractivity contribution in [3.8, 4) is 0 Å². The van der Waals surface area contributed by atoms with Gasteiger partial charge < -0.3 is 21.7 Å². The zero-order valence-electron chi connectivity index (χ0n) is 11.7. The van der Waals surface area contributed by atoms with E-state index in [-0.39, 0.29) is 17.4 Å². The summed E-state index contributed by atoms with van der Waals surface area (Å²) in [6.07, 6.45) is 0. The molecular weight excluding hydrogens is 280 g/mol. The number of nitrogens with zero attached hydrogens (tertiary/aromatic N) is 1. The van der Waals surface area contributed by atoms with Crippen LogP contribution in [0.15, 0.2) is 12.1 Å². The smallest absolute Gasteiger partial charge is 0.250 e. The predicted octanol–water partition coefficient (Wildman–Crippen LogP) is 0.839. The monoisotopic (exact) mass is 298 g/mol. The van der Waals surface area contributed by atoms with Gasteiger partial charge in [0.05, 0.1) is 22.2 Å². The SMILES string of the molecule is CNC(=O)C(C)CN(C)c1c(Cl)cc(N)cc1C(N)=O. The predicted molar refractivity (Wildman–Crippen MR) is 80.9 cm³/mol. The van der Waals surface area contributed by atoms with Crippen molar-refractivity contribution in [2.45, 2.75) is 6.92 Å². The standard InChI is InChI=1S/C13H19ClN4O2/c1-7(13(20)17-2)6-18(3)11-9(12(16)19)4-8(15)5-10(11)14/h4-5,7H,6,15H2,1-3H3,(H2,16,19)(H,17,20). The number of carbonyl (C=O) groups is 2. The van der Waals surface area contributed by atoms with E-state index in [2.05, 4.69) is 5.32 Å². The van der Waals surface area contributed by atoms with Gasteiger partial charge >= 0.3 is 0 Å². The van der Waals surface area contributed by atoms with Gasteiger partial charge in [-0.25, -0.2) is 0 Å². The zero-order chi connectivity index (χ0) is 15.4. The Hall–Kier alpha value is -1.95. The summed E-state index contributed by atoms with van der Waals surface area (Å²) in [7, 11) is 3.31. The van der Waals surface area contributed by atoms with Crippen molar-refractivity contribution in [1.82, 2.24) is 5.32 Å². The summed E-state index contributed by atoms with van der Waals surface area (Å²) in [5.41, 5.74) is 12.1. The summed E-state index contributed by atoms with van der Waals surface area (Å²) < 4.78 is 0. The lowest BCUT2D eigenvalue weighted by molar-refractivity contribution is -0.123. The Bertz CT molecular complexity index is 533. The van der Waals surface area contributed by atoms with Gasteiger partial charge in [-0.15, -0.1) is 0 Å². The first-order valence-electron chi connectivity index (χ1n) is 6.09. The van der Waals surface area contributed by atoms with E-state index in [4.69, 9.17) is 23.1 Å². The first-order chi connectivity index (χ1) is 9.27. The first-order valence-corrected chi connectivity index (χ1v) is 6.47. The Kier molecular flexibility index (Phi) is 5.21. The van der Waals surface area contributed by atoms with Gasteiger partial charge in [0.2, 0.25) is 5.91 Å². The molecule has 2 amide bonds. The molecule has 0 aliphatic rings. The van der Waals surface area contributed by atoms with Crippen LogP contribution in [-0.4, -0.2) is 32.5 Å². The summed E-state index contributed by atoms with van der Waals surface area (Å²) in [4.78, 5) is 24.8. The van der Waals surface area contributed by atoms with E-state index in [1.54, 1.807) is 32.0 Å². The molecule has 0 heterocycles. The Morgan fingerprint density at radius 1 is 1.45 bits per heavy atom.